The molecule has 1 unspecified atom stereocenters. The molecule has 2 N–H and O–H groups in total. The predicted octanol–water partition coefficient (Wildman–Crippen LogP) is 3.40. The van der Waals surface area contributed by atoms with Crippen LogP contribution in [0, 0.1) is 6.92 Å². The van der Waals surface area contributed by atoms with Crippen molar-refractivity contribution in [3.8, 4) is 0 Å². The van der Waals surface area contributed by atoms with Crippen molar-refractivity contribution < 1.29 is 4.42 Å². The summed E-state index contributed by atoms with van der Waals surface area (Å²) in [5.74, 6) is 0. The maximum absolute atomic E-state index is 6.12. The smallest absolute Gasteiger partial charge is 0.0953 e. The zero-order chi connectivity index (χ0) is 10.8. The molecule has 0 fully saturated rings. The number of aryl methyl sites for hydroxylation is 1. The van der Waals surface area contributed by atoms with Gasteiger partial charge < -0.3 is 10.2 Å². The lowest BCUT2D eigenvalue weighted by Gasteiger charge is -2.11. The molecule has 0 radical (unpaired) electrons. The molecule has 1 atom stereocenters. The standard InChI is InChI=1S/C12H12BrNO/c1-8-4-10(6-11(13)5-8)12(14)9-2-3-15-7-9/h2-7,12H,14H2,1H3. The minimum absolute atomic E-state index is 0.125. The SMILES string of the molecule is Cc1cc(Br)cc(C(N)c2ccoc2)c1. The molecule has 1 aromatic heterocycles. The summed E-state index contributed by atoms with van der Waals surface area (Å²) < 4.78 is 6.08. The van der Waals surface area contributed by atoms with E-state index in [1.807, 2.05) is 12.1 Å². The maximum Gasteiger partial charge on any atom is 0.0953 e. The van der Waals surface area contributed by atoms with Gasteiger partial charge in [-0.1, -0.05) is 22.0 Å². The van der Waals surface area contributed by atoms with Crippen LogP contribution in [0.5, 0.6) is 0 Å². The molecule has 2 nitrogen and oxygen atoms in total. The Morgan fingerprint density at radius 1 is 1.27 bits per heavy atom. The largest absolute Gasteiger partial charge is 0.472 e. The molecule has 1 aromatic carbocycles. The summed E-state index contributed by atoms with van der Waals surface area (Å²) in [6, 6.07) is 7.94. The van der Waals surface area contributed by atoms with Crippen molar-refractivity contribution in [1.82, 2.24) is 0 Å². The van der Waals surface area contributed by atoms with Crippen LogP contribution in [0.15, 0.2) is 45.7 Å². The Kier molecular flexibility index (Phi) is 2.93. The highest BCUT2D eigenvalue weighted by molar-refractivity contribution is 9.10. The third kappa shape index (κ3) is 2.30. The van der Waals surface area contributed by atoms with E-state index in [0.29, 0.717) is 0 Å². The molecular weight excluding hydrogens is 254 g/mol. The minimum Gasteiger partial charge on any atom is -0.472 e. The van der Waals surface area contributed by atoms with Crippen LogP contribution in [-0.2, 0) is 0 Å². The van der Waals surface area contributed by atoms with Crippen molar-refractivity contribution in [3.63, 3.8) is 0 Å². The zero-order valence-electron chi connectivity index (χ0n) is 8.41. The van der Waals surface area contributed by atoms with Gasteiger partial charge in [0.1, 0.15) is 0 Å². The topological polar surface area (TPSA) is 39.2 Å². The van der Waals surface area contributed by atoms with Crippen LogP contribution in [0.1, 0.15) is 22.7 Å². The summed E-state index contributed by atoms with van der Waals surface area (Å²) in [4.78, 5) is 0. The molecular formula is C12H12BrNO. The molecule has 0 saturated carbocycles. The van der Waals surface area contributed by atoms with Crippen molar-refractivity contribution >= 4 is 15.9 Å². The first kappa shape index (κ1) is 10.5. The number of nitrogens with two attached hydrogens (primary N) is 1. The normalized spacial score (nSPS) is 12.7. The van der Waals surface area contributed by atoms with E-state index in [0.717, 1.165) is 15.6 Å². The van der Waals surface area contributed by atoms with E-state index < -0.39 is 0 Å². The van der Waals surface area contributed by atoms with Crippen LogP contribution in [0.4, 0.5) is 0 Å². The second-order valence-electron chi connectivity index (χ2n) is 3.60. The Bertz CT molecular complexity index is 430. The maximum atomic E-state index is 6.12. The molecule has 3 heteroatoms. The van der Waals surface area contributed by atoms with Crippen molar-refractivity contribution in [2.75, 3.05) is 0 Å². The first-order valence-corrected chi connectivity index (χ1v) is 5.51. The van der Waals surface area contributed by atoms with E-state index in [1.54, 1.807) is 12.5 Å². The average molecular weight is 266 g/mol. The van der Waals surface area contributed by atoms with E-state index >= 15 is 0 Å². The Morgan fingerprint density at radius 2 is 2.07 bits per heavy atom. The summed E-state index contributed by atoms with van der Waals surface area (Å²) in [6.07, 6.45) is 3.32. The fourth-order valence-electron chi connectivity index (χ4n) is 1.59. The van der Waals surface area contributed by atoms with E-state index in [4.69, 9.17) is 10.2 Å². The third-order valence-electron chi connectivity index (χ3n) is 2.33. The van der Waals surface area contributed by atoms with Crippen LogP contribution in [0.3, 0.4) is 0 Å². The summed E-state index contributed by atoms with van der Waals surface area (Å²) in [5, 5.41) is 0. The highest BCUT2D eigenvalue weighted by Crippen LogP contribution is 2.24. The van der Waals surface area contributed by atoms with Gasteiger partial charge in [0, 0.05) is 10.0 Å². The van der Waals surface area contributed by atoms with E-state index in [9.17, 15) is 0 Å². The average Bonchev–Trinajstić information content (AvgIpc) is 2.67. The number of hydrogen-bond donors (Lipinski definition) is 1. The Labute approximate surface area is 97.2 Å². The monoisotopic (exact) mass is 265 g/mol. The van der Waals surface area contributed by atoms with Crippen molar-refractivity contribution in [3.05, 3.63) is 58.0 Å². The first-order valence-electron chi connectivity index (χ1n) is 4.71. The Morgan fingerprint density at radius 3 is 2.67 bits per heavy atom. The number of hydrogen-bond acceptors (Lipinski definition) is 2. The lowest BCUT2D eigenvalue weighted by molar-refractivity contribution is 0.562. The molecule has 0 aliphatic rings. The Hall–Kier alpha value is -1.06. The molecule has 0 aliphatic heterocycles. The number of benzene rings is 1. The molecule has 1 heterocycles. The van der Waals surface area contributed by atoms with Gasteiger partial charge >= 0.3 is 0 Å². The number of rotatable bonds is 2. The molecule has 2 aromatic rings. The zero-order valence-corrected chi connectivity index (χ0v) is 9.99. The van der Waals surface area contributed by atoms with Gasteiger partial charge in [-0.15, -0.1) is 0 Å². The van der Waals surface area contributed by atoms with Crippen LogP contribution in [-0.4, -0.2) is 0 Å². The van der Waals surface area contributed by atoms with Crippen LogP contribution in [0.2, 0.25) is 0 Å². The van der Waals surface area contributed by atoms with Gasteiger partial charge in [0.15, 0.2) is 0 Å². The molecule has 0 spiro atoms. The fraction of sp³-hybridized carbons (Fsp3) is 0.167. The molecule has 0 bridgehead atoms. The number of furan rings is 1. The Balaban J connectivity index is 2.37. The van der Waals surface area contributed by atoms with Gasteiger partial charge in [-0.05, 0) is 36.2 Å². The lowest BCUT2D eigenvalue weighted by Crippen LogP contribution is -2.10. The summed E-state index contributed by atoms with van der Waals surface area (Å²) in [6.45, 7) is 2.05. The van der Waals surface area contributed by atoms with E-state index in [-0.39, 0.29) is 6.04 Å². The third-order valence-corrected chi connectivity index (χ3v) is 2.78. The molecule has 0 aliphatic carbocycles. The second kappa shape index (κ2) is 4.21. The summed E-state index contributed by atoms with van der Waals surface area (Å²) >= 11 is 3.47. The fourth-order valence-corrected chi connectivity index (χ4v) is 2.21. The van der Waals surface area contributed by atoms with Crippen molar-refractivity contribution in [2.24, 2.45) is 5.73 Å². The molecule has 0 amide bonds. The molecule has 15 heavy (non-hydrogen) atoms. The lowest BCUT2D eigenvalue weighted by atomic mass is 10.0. The van der Waals surface area contributed by atoms with Gasteiger partial charge in [0.05, 0.1) is 18.6 Å². The van der Waals surface area contributed by atoms with Crippen LogP contribution in [0.25, 0.3) is 0 Å². The van der Waals surface area contributed by atoms with Gasteiger partial charge in [0.2, 0.25) is 0 Å². The van der Waals surface area contributed by atoms with Crippen LogP contribution >= 0.6 is 15.9 Å². The quantitative estimate of drug-likeness (QED) is 0.904. The van der Waals surface area contributed by atoms with Crippen molar-refractivity contribution in [1.29, 1.82) is 0 Å². The minimum atomic E-state index is -0.125. The summed E-state index contributed by atoms with van der Waals surface area (Å²) in [5.41, 5.74) is 9.39. The molecule has 0 saturated heterocycles. The van der Waals surface area contributed by atoms with E-state index in [1.165, 1.54) is 5.56 Å². The molecule has 2 rings (SSSR count). The van der Waals surface area contributed by atoms with Gasteiger partial charge in [-0.3, -0.25) is 0 Å². The van der Waals surface area contributed by atoms with Gasteiger partial charge in [-0.25, -0.2) is 0 Å². The summed E-state index contributed by atoms with van der Waals surface area (Å²) in [7, 11) is 0. The first-order chi connectivity index (χ1) is 7.16. The van der Waals surface area contributed by atoms with Gasteiger partial charge in [-0.2, -0.15) is 0 Å². The van der Waals surface area contributed by atoms with E-state index in [2.05, 4.69) is 35.0 Å². The second-order valence-corrected chi connectivity index (χ2v) is 4.51. The van der Waals surface area contributed by atoms with Crippen LogP contribution < -0.4 is 5.73 Å². The van der Waals surface area contributed by atoms with Gasteiger partial charge in [0.25, 0.3) is 0 Å². The van der Waals surface area contributed by atoms with Crippen molar-refractivity contribution in [2.45, 2.75) is 13.0 Å². The predicted molar refractivity (Wildman–Crippen MR) is 63.6 cm³/mol. The highest BCUT2D eigenvalue weighted by atomic mass is 79.9. The highest BCUT2D eigenvalue weighted by Gasteiger charge is 2.10. The molecule has 78 valence electrons. The number of halogens is 1.